The third kappa shape index (κ3) is 4.87. The van der Waals surface area contributed by atoms with Crippen molar-refractivity contribution < 1.29 is 9.94 Å². The fourth-order valence-corrected chi connectivity index (χ4v) is 1.01. The van der Waals surface area contributed by atoms with E-state index in [2.05, 4.69) is 10.5 Å². The number of hydrogen-bond donors (Lipinski definition) is 3. The molecule has 5 heteroatoms. The fraction of sp³-hybridized carbons (Fsp3) is 0.300. The van der Waals surface area contributed by atoms with E-state index in [1.165, 1.54) is 0 Å². The zero-order valence-electron chi connectivity index (χ0n) is 8.39. The van der Waals surface area contributed by atoms with Crippen LogP contribution in [-0.2, 0) is 0 Å². The first-order valence-corrected chi connectivity index (χ1v) is 4.68. The number of nitrogens with two attached hydrogens (primary N) is 1. The van der Waals surface area contributed by atoms with Crippen LogP contribution in [0.15, 0.2) is 35.5 Å². The highest BCUT2D eigenvalue weighted by Crippen LogP contribution is 2.07. The van der Waals surface area contributed by atoms with Gasteiger partial charge in [-0.2, -0.15) is 0 Å². The maximum atomic E-state index is 8.26. The first-order chi connectivity index (χ1) is 7.33. The van der Waals surface area contributed by atoms with Gasteiger partial charge in [0.2, 0.25) is 0 Å². The maximum absolute atomic E-state index is 8.26. The van der Waals surface area contributed by atoms with E-state index in [0.29, 0.717) is 19.7 Å². The van der Waals surface area contributed by atoms with Crippen LogP contribution in [-0.4, -0.2) is 30.7 Å². The van der Waals surface area contributed by atoms with Crippen LogP contribution in [0.5, 0.6) is 5.75 Å². The number of rotatable bonds is 6. The SMILES string of the molecule is NC(CNCCOc1ccccc1)=NO. The Balaban J connectivity index is 2.08. The quantitative estimate of drug-likeness (QED) is 0.208. The van der Waals surface area contributed by atoms with Gasteiger partial charge < -0.3 is 21.0 Å². The fourth-order valence-electron chi connectivity index (χ4n) is 1.01. The molecule has 0 unspecified atom stereocenters. The first kappa shape index (κ1) is 11.3. The minimum absolute atomic E-state index is 0.162. The standard InChI is InChI=1S/C10H15N3O2/c11-10(13-14)8-12-6-7-15-9-4-2-1-3-5-9/h1-5,12,14H,6-8H2,(H2,11,13). The van der Waals surface area contributed by atoms with E-state index in [-0.39, 0.29) is 5.84 Å². The lowest BCUT2D eigenvalue weighted by molar-refractivity contribution is 0.311. The molecule has 0 spiro atoms. The molecule has 0 radical (unpaired) electrons. The number of benzene rings is 1. The summed E-state index contributed by atoms with van der Waals surface area (Å²) in [5.41, 5.74) is 5.26. The lowest BCUT2D eigenvalue weighted by atomic mass is 10.3. The van der Waals surface area contributed by atoms with Crippen LogP contribution in [0.25, 0.3) is 0 Å². The number of oxime groups is 1. The Kier molecular flexibility index (Phi) is 5.03. The van der Waals surface area contributed by atoms with Gasteiger partial charge in [-0.15, -0.1) is 0 Å². The third-order valence-corrected chi connectivity index (χ3v) is 1.73. The molecule has 0 saturated carbocycles. The van der Waals surface area contributed by atoms with E-state index in [1.807, 2.05) is 30.3 Å². The van der Waals surface area contributed by atoms with Crippen molar-refractivity contribution >= 4 is 5.84 Å². The summed E-state index contributed by atoms with van der Waals surface area (Å²) in [4.78, 5) is 0. The third-order valence-electron chi connectivity index (χ3n) is 1.73. The largest absolute Gasteiger partial charge is 0.492 e. The molecule has 1 aromatic carbocycles. The lowest BCUT2D eigenvalue weighted by Gasteiger charge is -2.06. The smallest absolute Gasteiger partial charge is 0.153 e. The molecule has 1 aromatic rings. The van der Waals surface area contributed by atoms with Gasteiger partial charge in [0.25, 0.3) is 0 Å². The number of ether oxygens (including phenoxy) is 1. The molecule has 0 bridgehead atoms. The molecule has 0 saturated heterocycles. The van der Waals surface area contributed by atoms with Gasteiger partial charge in [-0.25, -0.2) is 0 Å². The Morgan fingerprint density at radius 2 is 2.13 bits per heavy atom. The highest BCUT2D eigenvalue weighted by molar-refractivity contribution is 5.81. The average Bonchev–Trinajstić information content (AvgIpc) is 2.29. The lowest BCUT2D eigenvalue weighted by Crippen LogP contribution is -2.31. The molecule has 0 atom stereocenters. The van der Waals surface area contributed by atoms with Crippen LogP contribution in [0, 0.1) is 0 Å². The molecule has 1 rings (SSSR count). The van der Waals surface area contributed by atoms with E-state index >= 15 is 0 Å². The minimum Gasteiger partial charge on any atom is -0.492 e. The molecule has 0 aliphatic rings. The molecular weight excluding hydrogens is 194 g/mol. The van der Waals surface area contributed by atoms with Gasteiger partial charge in [-0.05, 0) is 12.1 Å². The second-order valence-electron chi connectivity index (χ2n) is 2.93. The van der Waals surface area contributed by atoms with Crippen LogP contribution in [0.3, 0.4) is 0 Å². The molecule has 15 heavy (non-hydrogen) atoms. The van der Waals surface area contributed by atoms with Gasteiger partial charge in [0, 0.05) is 6.54 Å². The number of para-hydroxylation sites is 1. The molecule has 0 amide bonds. The Morgan fingerprint density at radius 3 is 2.80 bits per heavy atom. The maximum Gasteiger partial charge on any atom is 0.153 e. The predicted molar refractivity (Wildman–Crippen MR) is 58.2 cm³/mol. The van der Waals surface area contributed by atoms with Crippen molar-refractivity contribution in [2.45, 2.75) is 0 Å². The average molecular weight is 209 g/mol. The van der Waals surface area contributed by atoms with Crippen LogP contribution in [0.2, 0.25) is 0 Å². The highest BCUT2D eigenvalue weighted by Gasteiger charge is 1.93. The molecular formula is C10H15N3O2. The Hall–Kier alpha value is -1.75. The zero-order valence-corrected chi connectivity index (χ0v) is 8.39. The molecule has 0 aliphatic heterocycles. The first-order valence-electron chi connectivity index (χ1n) is 4.68. The zero-order chi connectivity index (χ0) is 10.9. The van der Waals surface area contributed by atoms with Crippen molar-refractivity contribution in [3.8, 4) is 5.75 Å². The second kappa shape index (κ2) is 6.67. The summed E-state index contributed by atoms with van der Waals surface area (Å²) in [7, 11) is 0. The Bertz CT molecular complexity index is 301. The number of amidine groups is 1. The summed E-state index contributed by atoms with van der Waals surface area (Å²) in [6.07, 6.45) is 0. The summed E-state index contributed by atoms with van der Waals surface area (Å²) in [5, 5.41) is 14.1. The van der Waals surface area contributed by atoms with Gasteiger partial charge in [0.15, 0.2) is 5.84 Å². The van der Waals surface area contributed by atoms with Gasteiger partial charge in [0.1, 0.15) is 12.4 Å². The summed E-state index contributed by atoms with van der Waals surface area (Å²) in [5.74, 6) is 0.998. The van der Waals surface area contributed by atoms with Crippen molar-refractivity contribution in [3.63, 3.8) is 0 Å². The van der Waals surface area contributed by atoms with Gasteiger partial charge in [-0.3, -0.25) is 0 Å². The Morgan fingerprint density at radius 1 is 1.40 bits per heavy atom. The van der Waals surface area contributed by atoms with E-state index in [4.69, 9.17) is 15.7 Å². The molecule has 4 N–H and O–H groups in total. The summed E-state index contributed by atoms with van der Waals surface area (Å²) in [6, 6.07) is 9.55. The van der Waals surface area contributed by atoms with Crippen molar-refractivity contribution in [1.29, 1.82) is 0 Å². The summed E-state index contributed by atoms with van der Waals surface area (Å²) >= 11 is 0. The van der Waals surface area contributed by atoms with Crippen LogP contribution < -0.4 is 15.8 Å². The van der Waals surface area contributed by atoms with E-state index in [0.717, 1.165) is 5.75 Å². The summed E-state index contributed by atoms with van der Waals surface area (Å²) in [6.45, 7) is 1.54. The normalized spacial score (nSPS) is 11.3. The monoisotopic (exact) mass is 209 g/mol. The van der Waals surface area contributed by atoms with Crippen molar-refractivity contribution in [2.75, 3.05) is 19.7 Å². The van der Waals surface area contributed by atoms with Crippen LogP contribution in [0.1, 0.15) is 0 Å². The van der Waals surface area contributed by atoms with Crippen LogP contribution >= 0.6 is 0 Å². The molecule has 0 aliphatic carbocycles. The number of nitrogens with zero attached hydrogens (tertiary/aromatic N) is 1. The number of nitrogens with one attached hydrogen (secondary N) is 1. The molecule has 0 aromatic heterocycles. The molecule has 5 nitrogen and oxygen atoms in total. The topological polar surface area (TPSA) is 79.9 Å². The second-order valence-corrected chi connectivity index (χ2v) is 2.93. The summed E-state index contributed by atoms with van der Waals surface area (Å²) < 4.78 is 5.42. The van der Waals surface area contributed by atoms with Crippen molar-refractivity contribution in [3.05, 3.63) is 30.3 Å². The predicted octanol–water partition coefficient (Wildman–Crippen LogP) is 0.401. The van der Waals surface area contributed by atoms with E-state index < -0.39 is 0 Å². The highest BCUT2D eigenvalue weighted by atomic mass is 16.5. The van der Waals surface area contributed by atoms with E-state index in [1.54, 1.807) is 0 Å². The van der Waals surface area contributed by atoms with Gasteiger partial charge in [0.05, 0.1) is 6.54 Å². The number of hydrogen-bond acceptors (Lipinski definition) is 4. The molecule has 0 fully saturated rings. The van der Waals surface area contributed by atoms with Crippen LogP contribution in [0.4, 0.5) is 0 Å². The molecule has 82 valence electrons. The van der Waals surface area contributed by atoms with Crippen molar-refractivity contribution in [2.24, 2.45) is 10.9 Å². The van der Waals surface area contributed by atoms with Gasteiger partial charge in [-0.1, -0.05) is 23.4 Å². The molecule has 0 heterocycles. The van der Waals surface area contributed by atoms with Gasteiger partial charge >= 0.3 is 0 Å². The minimum atomic E-state index is 0.162. The van der Waals surface area contributed by atoms with E-state index in [9.17, 15) is 0 Å². The Labute approximate surface area is 88.5 Å². The van der Waals surface area contributed by atoms with Crippen molar-refractivity contribution in [1.82, 2.24) is 5.32 Å².